The van der Waals surface area contributed by atoms with Crippen molar-refractivity contribution in [2.45, 2.75) is 24.5 Å². The molecule has 7 nitrogen and oxygen atoms in total. The van der Waals surface area contributed by atoms with Crippen LogP contribution in [0.25, 0.3) is 0 Å². The number of rotatable bonds is 2. The van der Waals surface area contributed by atoms with Crippen molar-refractivity contribution in [3.05, 3.63) is 28.9 Å². The van der Waals surface area contributed by atoms with Gasteiger partial charge in [-0.2, -0.15) is 0 Å². The van der Waals surface area contributed by atoms with Crippen molar-refractivity contribution < 1.29 is 20.1 Å². The van der Waals surface area contributed by atoms with Gasteiger partial charge in [0.1, 0.15) is 18.3 Å². The molecule has 0 spiro atoms. The molecule has 1 unspecified atom stereocenters. The van der Waals surface area contributed by atoms with E-state index < -0.39 is 36.8 Å². The normalized spacial score (nSPS) is 34.2. The molecule has 1 aliphatic heterocycles. The molecular formula is C9H12N2O5. The van der Waals surface area contributed by atoms with Crippen LogP contribution in [0.5, 0.6) is 0 Å². The van der Waals surface area contributed by atoms with Gasteiger partial charge in [-0.3, -0.25) is 4.57 Å². The smallest absolute Gasteiger partial charge is 0.349 e. The lowest BCUT2D eigenvalue weighted by Gasteiger charge is -2.16. The average Bonchev–Trinajstić information content (AvgIpc) is 2.57. The molecule has 2 rings (SSSR count). The third-order valence-electron chi connectivity index (χ3n) is 2.53. The van der Waals surface area contributed by atoms with Crippen LogP contribution < -0.4 is 5.69 Å². The number of hydrogen-bond acceptors (Lipinski definition) is 6. The summed E-state index contributed by atoms with van der Waals surface area (Å²) in [5.41, 5.74) is -0.586. The van der Waals surface area contributed by atoms with Crippen molar-refractivity contribution >= 4 is 0 Å². The van der Waals surface area contributed by atoms with E-state index in [1.54, 1.807) is 0 Å². The molecule has 0 radical (unpaired) electrons. The summed E-state index contributed by atoms with van der Waals surface area (Å²) < 4.78 is 6.25. The lowest BCUT2D eigenvalue weighted by Crippen LogP contribution is -2.35. The summed E-state index contributed by atoms with van der Waals surface area (Å²) in [5.74, 6) is 0. The lowest BCUT2D eigenvalue weighted by atomic mass is 10.1. The van der Waals surface area contributed by atoms with Crippen LogP contribution in [0.2, 0.25) is 0 Å². The molecule has 88 valence electrons. The van der Waals surface area contributed by atoms with Gasteiger partial charge in [-0.25, -0.2) is 9.78 Å². The van der Waals surface area contributed by atoms with Crippen LogP contribution in [0.3, 0.4) is 0 Å². The van der Waals surface area contributed by atoms with E-state index >= 15 is 0 Å². The molecule has 0 aliphatic carbocycles. The Bertz CT molecular complexity index is 420. The fourth-order valence-corrected chi connectivity index (χ4v) is 1.67. The van der Waals surface area contributed by atoms with Crippen LogP contribution in [0, 0.1) is 0 Å². The molecule has 0 bridgehead atoms. The minimum absolute atomic E-state index is 0.427. The maximum atomic E-state index is 11.4. The Labute approximate surface area is 90.6 Å². The van der Waals surface area contributed by atoms with Gasteiger partial charge in [0.05, 0.1) is 6.61 Å². The molecule has 1 aromatic rings. The summed E-state index contributed by atoms with van der Waals surface area (Å²) in [4.78, 5) is 14.9. The Hall–Kier alpha value is -1.28. The van der Waals surface area contributed by atoms with E-state index in [9.17, 15) is 15.0 Å². The van der Waals surface area contributed by atoms with E-state index in [1.165, 1.54) is 18.5 Å². The number of nitrogens with zero attached hydrogens (tertiary/aromatic N) is 2. The zero-order valence-electron chi connectivity index (χ0n) is 8.30. The third kappa shape index (κ3) is 1.74. The highest BCUT2D eigenvalue weighted by atomic mass is 16.6. The molecule has 0 aromatic carbocycles. The van der Waals surface area contributed by atoms with Gasteiger partial charge in [0.25, 0.3) is 0 Å². The van der Waals surface area contributed by atoms with Crippen LogP contribution in [-0.2, 0) is 4.74 Å². The number of hydrogen-bond donors (Lipinski definition) is 3. The first-order chi connectivity index (χ1) is 7.65. The van der Waals surface area contributed by atoms with Crippen LogP contribution >= 0.6 is 0 Å². The second-order valence-electron chi connectivity index (χ2n) is 3.54. The Kier molecular flexibility index (Phi) is 3.01. The van der Waals surface area contributed by atoms with Gasteiger partial charge >= 0.3 is 5.69 Å². The Balaban J connectivity index is 2.30. The summed E-state index contributed by atoms with van der Waals surface area (Å²) in [6.45, 7) is -0.427. The van der Waals surface area contributed by atoms with E-state index in [0.29, 0.717) is 0 Å². The van der Waals surface area contributed by atoms with Crippen LogP contribution in [0.1, 0.15) is 6.23 Å². The minimum atomic E-state index is -1.26. The second-order valence-corrected chi connectivity index (χ2v) is 3.54. The average molecular weight is 228 g/mol. The summed E-state index contributed by atoms with van der Waals surface area (Å²) in [7, 11) is 0. The predicted molar refractivity (Wildman–Crippen MR) is 51.5 cm³/mol. The highest BCUT2D eigenvalue weighted by molar-refractivity contribution is 4.92. The van der Waals surface area contributed by atoms with E-state index in [4.69, 9.17) is 9.84 Å². The quantitative estimate of drug-likeness (QED) is 0.533. The molecule has 4 atom stereocenters. The molecule has 7 heteroatoms. The summed E-state index contributed by atoms with van der Waals surface area (Å²) >= 11 is 0. The first kappa shape index (κ1) is 11.2. The summed E-state index contributed by atoms with van der Waals surface area (Å²) in [6, 6.07) is 1.51. The number of aliphatic hydroxyl groups excluding tert-OH is 3. The van der Waals surface area contributed by atoms with E-state index in [2.05, 4.69) is 4.98 Å². The fourth-order valence-electron chi connectivity index (χ4n) is 1.67. The van der Waals surface area contributed by atoms with Crippen molar-refractivity contribution in [3.63, 3.8) is 0 Å². The molecule has 2 heterocycles. The molecule has 1 aromatic heterocycles. The van der Waals surface area contributed by atoms with Gasteiger partial charge in [-0.1, -0.05) is 0 Å². The van der Waals surface area contributed by atoms with Crippen molar-refractivity contribution in [3.8, 4) is 0 Å². The monoisotopic (exact) mass is 228 g/mol. The fraction of sp³-hybridized carbons (Fsp3) is 0.556. The van der Waals surface area contributed by atoms with Gasteiger partial charge in [0, 0.05) is 12.4 Å². The summed E-state index contributed by atoms with van der Waals surface area (Å²) in [6.07, 6.45) is -1.68. The van der Waals surface area contributed by atoms with Crippen LogP contribution in [-0.4, -0.2) is 49.8 Å². The SMILES string of the molecule is O=c1ncccn1[C@@H]1O[C@H](CO)[C@H](O)C1O. The van der Waals surface area contributed by atoms with Crippen LogP contribution in [0.4, 0.5) is 0 Å². The third-order valence-corrected chi connectivity index (χ3v) is 2.53. The maximum Gasteiger partial charge on any atom is 0.349 e. The lowest BCUT2D eigenvalue weighted by molar-refractivity contribution is -0.0549. The molecule has 16 heavy (non-hydrogen) atoms. The number of ether oxygens (including phenoxy) is 1. The van der Waals surface area contributed by atoms with Gasteiger partial charge in [0.2, 0.25) is 0 Å². The van der Waals surface area contributed by atoms with Gasteiger partial charge in [0.15, 0.2) is 6.23 Å². The molecule has 1 saturated heterocycles. The molecule has 1 fully saturated rings. The number of aromatic nitrogens is 2. The molecule has 0 amide bonds. The van der Waals surface area contributed by atoms with Crippen molar-refractivity contribution in [1.29, 1.82) is 0 Å². The highest BCUT2D eigenvalue weighted by Crippen LogP contribution is 2.27. The standard InChI is InChI=1S/C9H12N2O5/c12-4-5-6(13)7(14)8(16-5)11-3-1-2-10-9(11)15/h1-3,5-8,12-14H,4H2/t5-,6+,7?,8-/m1/s1. The Morgan fingerprint density at radius 2 is 2.19 bits per heavy atom. The molecule has 3 N–H and O–H groups in total. The predicted octanol–water partition coefficient (Wildman–Crippen LogP) is -2.15. The zero-order valence-corrected chi connectivity index (χ0v) is 8.30. The van der Waals surface area contributed by atoms with Gasteiger partial charge < -0.3 is 20.1 Å². The summed E-state index contributed by atoms with van der Waals surface area (Å²) in [5, 5.41) is 28.1. The largest absolute Gasteiger partial charge is 0.394 e. The molecule has 0 saturated carbocycles. The van der Waals surface area contributed by atoms with E-state index in [1.807, 2.05) is 0 Å². The number of aliphatic hydroxyl groups is 3. The first-order valence-corrected chi connectivity index (χ1v) is 4.80. The van der Waals surface area contributed by atoms with Crippen LogP contribution in [0.15, 0.2) is 23.3 Å². The van der Waals surface area contributed by atoms with E-state index in [0.717, 1.165) is 4.57 Å². The zero-order chi connectivity index (χ0) is 11.7. The molecular weight excluding hydrogens is 216 g/mol. The van der Waals surface area contributed by atoms with Crippen molar-refractivity contribution in [1.82, 2.24) is 9.55 Å². The first-order valence-electron chi connectivity index (χ1n) is 4.80. The van der Waals surface area contributed by atoms with Gasteiger partial charge in [-0.15, -0.1) is 0 Å². The maximum absolute atomic E-state index is 11.4. The highest BCUT2D eigenvalue weighted by Gasteiger charge is 2.43. The minimum Gasteiger partial charge on any atom is -0.394 e. The van der Waals surface area contributed by atoms with Crippen molar-refractivity contribution in [2.75, 3.05) is 6.61 Å². The topological polar surface area (TPSA) is 105 Å². The van der Waals surface area contributed by atoms with Crippen molar-refractivity contribution in [2.24, 2.45) is 0 Å². The molecule has 1 aliphatic rings. The Morgan fingerprint density at radius 3 is 2.75 bits per heavy atom. The van der Waals surface area contributed by atoms with E-state index in [-0.39, 0.29) is 0 Å². The van der Waals surface area contributed by atoms with Gasteiger partial charge in [-0.05, 0) is 6.07 Å². The second kappa shape index (κ2) is 4.30. The Morgan fingerprint density at radius 1 is 1.44 bits per heavy atom.